The van der Waals surface area contributed by atoms with Gasteiger partial charge >= 0.3 is 0 Å². The molecule has 0 saturated heterocycles. The lowest BCUT2D eigenvalue weighted by Crippen LogP contribution is -2.04. The van der Waals surface area contributed by atoms with Crippen molar-refractivity contribution in [2.24, 2.45) is 7.05 Å². The molecule has 1 N–H and O–H groups in total. The zero-order valence-corrected chi connectivity index (χ0v) is 9.60. The van der Waals surface area contributed by atoms with Crippen molar-refractivity contribution in [1.29, 1.82) is 0 Å². The average molecular weight is 218 g/mol. The molecule has 0 aliphatic carbocycles. The molecule has 0 radical (unpaired) electrons. The largest absolute Gasteiger partial charge is 0.370 e. The Balaban J connectivity index is 2.45. The van der Waals surface area contributed by atoms with Crippen molar-refractivity contribution in [1.82, 2.24) is 25.0 Å². The zero-order chi connectivity index (χ0) is 11.5. The van der Waals surface area contributed by atoms with Crippen LogP contribution < -0.4 is 5.32 Å². The van der Waals surface area contributed by atoms with Gasteiger partial charge in [-0.3, -0.25) is 0 Å². The number of rotatable bonds is 3. The van der Waals surface area contributed by atoms with Gasteiger partial charge in [0.15, 0.2) is 0 Å². The van der Waals surface area contributed by atoms with Gasteiger partial charge in [0, 0.05) is 19.7 Å². The topological polar surface area (TPSA) is 68.5 Å². The number of hydrogen-bond acceptors (Lipinski definition) is 5. The minimum absolute atomic E-state index is 0.731. The SMILES string of the molecule is CCNc1cc(-c2cnnn2C)nc(C)n1. The normalized spacial score (nSPS) is 10.4. The van der Waals surface area contributed by atoms with Gasteiger partial charge in [0.2, 0.25) is 0 Å². The van der Waals surface area contributed by atoms with E-state index < -0.39 is 0 Å². The summed E-state index contributed by atoms with van der Waals surface area (Å²) in [6.07, 6.45) is 1.69. The van der Waals surface area contributed by atoms with Crippen LogP contribution in [-0.2, 0) is 7.05 Å². The minimum Gasteiger partial charge on any atom is -0.370 e. The first-order valence-electron chi connectivity index (χ1n) is 5.15. The van der Waals surface area contributed by atoms with Crippen LogP contribution in [-0.4, -0.2) is 31.5 Å². The highest BCUT2D eigenvalue weighted by molar-refractivity contribution is 5.57. The van der Waals surface area contributed by atoms with Gasteiger partial charge in [-0.25, -0.2) is 14.6 Å². The fourth-order valence-electron chi connectivity index (χ4n) is 1.49. The average Bonchev–Trinajstić information content (AvgIpc) is 2.64. The van der Waals surface area contributed by atoms with E-state index in [0.29, 0.717) is 0 Å². The second-order valence-corrected chi connectivity index (χ2v) is 3.46. The summed E-state index contributed by atoms with van der Waals surface area (Å²) in [7, 11) is 1.84. The Morgan fingerprint density at radius 1 is 1.38 bits per heavy atom. The molecule has 0 amide bonds. The third-order valence-electron chi connectivity index (χ3n) is 2.17. The van der Waals surface area contributed by atoms with E-state index in [-0.39, 0.29) is 0 Å². The first kappa shape index (κ1) is 10.5. The van der Waals surface area contributed by atoms with Crippen molar-refractivity contribution in [2.45, 2.75) is 13.8 Å². The van der Waals surface area contributed by atoms with E-state index in [4.69, 9.17) is 0 Å². The van der Waals surface area contributed by atoms with Crippen molar-refractivity contribution < 1.29 is 0 Å². The predicted octanol–water partition coefficient (Wildman–Crippen LogP) is 1.01. The molecule has 0 fully saturated rings. The fourth-order valence-corrected chi connectivity index (χ4v) is 1.49. The molecule has 0 spiro atoms. The molecule has 84 valence electrons. The van der Waals surface area contributed by atoms with E-state index in [0.717, 1.165) is 29.6 Å². The molecule has 0 atom stereocenters. The lowest BCUT2D eigenvalue weighted by molar-refractivity contribution is 0.718. The van der Waals surface area contributed by atoms with E-state index in [1.54, 1.807) is 10.9 Å². The van der Waals surface area contributed by atoms with E-state index in [2.05, 4.69) is 25.6 Å². The lowest BCUT2D eigenvalue weighted by atomic mass is 10.3. The van der Waals surface area contributed by atoms with Crippen molar-refractivity contribution in [3.63, 3.8) is 0 Å². The van der Waals surface area contributed by atoms with Gasteiger partial charge in [-0.1, -0.05) is 5.21 Å². The second-order valence-electron chi connectivity index (χ2n) is 3.46. The molecule has 16 heavy (non-hydrogen) atoms. The van der Waals surface area contributed by atoms with Crippen LogP contribution in [0.2, 0.25) is 0 Å². The van der Waals surface area contributed by atoms with Crippen molar-refractivity contribution in [3.05, 3.63) is 18.1 Å². The Bertz CT molecular complexity index is 490. The van der Waals surface area contributed by atoms with Crippen LogP contribution in [0.5, 0.6) is 0 Å². The Labute approximate surface area is 93.7 Å². The van der Waals surface area contributed by atoms with E-state index in [1.807, 2.05) is 27.0 Å². The number of anilines is 1. The standard InChI is InChI=1S/C10H14N6/c1-4-11-10-5-8(13-7(2)14-10)9-6-12-15-16(9)3/h5-6H,4H2,1-3H3,(H,11,13,14). The summed E-state index contributed by atoms with van der Waals surface area (Å²) in [5.74, 6) is 1.56. The molecule has 0 aliphatic heterocycles. The molecule has 0 aliphatic rings. The third kappa shape index (κ3) is 2.00. The van der Waals surface area contributed by atoms with Crippen LogP contribution in [0.4, 0.5) is 5.82 Å². The molecule has 0 saturated carbocycles. The predicted molar refractivity (Wildman–Crippen MR) is 60.9 cm³/mol. The van der Waals surface area contributed by atoms with Crippen LogP contribution in [0.1, 0.15) is 12.7 Å². The molecule has 2 aromatic heterocycles. The van der Waals surface area contributed by atoms with Crippen molar-refractivity contribution in [3.8, 4) is 11.4 Å². The van der Waals surface area contributed by atoms with Crippen LogP contribution in [0.25, 0.3) is 11.4 Å². The third-order valence-corrected chi connectivity index (χ3v) is 2.17. The molecule has 2 rings (SSSR count). The lowest BCUT2D eigenvalue weighted by Gasteiger charge is -2.06. The number of aryl methyl sites for hydroxylation is 2. The molecule has 6 nitrogen and oxygen atoms in total. The number of aromatic nitrogens is 5. The summed E-state index contributed by atoms with van der Waals surface area (Å²) in [4.78, 5) is 8.66. The molecule has 2 aromatic rings. The van der Waals surface area contributed by atoms with Crippen LogP contribution in [0.3, 0.4) is 0 Å². The molecular formula is C10H14N6. The molecule has 0 aromatic carbocycles. The molecule has 6 heteroatoms. The summed E-state index contributed by atoms with van der Waals surface area (Å²) in [6.45, 7) is 4.73. The minimum atomic E-state index is 0.731. The number of nitrogens with zero attached hydrogens (tertiary/aromatic N) is 5. The highest BCUT2D eigenvalue weighted by Gasteiger charge is 2.07. The maximum atomic E-state index is 4.37. The van der Waals surface area contributed by atoms with Gasteiger partial charge in [0.25, 0.3) is 0 Å². The maximum Gasteiger partial charge on any atom is 0.130 e. The van der Waals surface area contributed by atoms with Gasteiger partial charge in [0.1, 0.15) is 17.3 Å². The van der Waals surface area contributed by atoms with Gasteiger partial charge in [0.05, 0.1) is 11.9 Å². The monoisotopic (exact) mass is 218 g/mol. The first-order valence-corrected chi connectivity index (χ1v) is 5.15. The summed E-state index contributed by atoms with van der Waals surface area (Å²) in [5.41, 5.74) is 1.71. The first-order chi connectivity index (χ1) is 7.70. The van der Waals surface area contributed by atoms with Crippen LogP contribution >= 0.6 is 0 Å². The maximum absolute atomic E-state index is 4.37. The van der Waals surface area contributed by atoms with Crippen LogP contribution in [0.15, 0.2) is 12.3 Å². The zero-order valence-electron chi connectivity index (χ0n) is 9.60. The molecular weight excluding hydrogens is 204 g/mol. The Morgan fingerprint density at radius 3 is 2.81 bits per heavy atom. The Kier molecular flexibility index (Phi) is 2.80. The summed E-state index contributed by atoms with van der Waals surface area (Å²) >= 11 is 0. The fraction of sp³-hybridized carbons (Fsp3) is 0.400. The van der Waals surface area contributed by atoms with Gasteiger partial charge in [-0.05, 0) is 13.8 Å². The second kappa shape index (κ2) is 4.26. The molecule has 0 unspecified atom stereocenters. The number of nitrogens with one attached hydrogen (secondary N) is 1. The van der Waals surface area contributed by atoms with Crippen LogP contribution in [0, 0.1) is 6.92 Å². The highest BCUT2D eigenvalue weighted by Crippen LogP contribution is 2.17. The Morgan fingerprint density at radius 2 is 2.19 bits per heavy atom. The molecule has 2 heterocycles. The van der Waals surface area contributed by atoms with Gasteiger partial charge in [-0.2, -0.15) is 0 Å². The van der Waals surface area contributed by atoms with Crippen molar-refractivity contribution >= 4 is 5.82 Å². The van der Waals surface area contributed by atoms with Gasteiger partial charge in [-0.15, -0.1) is 5.10 Å². The summed E-state index contributed by atoms with van der Waals surface area (Å²) < 4.78 is 1.69. The van der Waals surface area contributed by atoms with Gasteiger partial charge < -0.3 is 5.32 Å². The number of hydrogen-bond donors (Lipinski definition) is 1. The molecule has 0 bridgehead atoms. The summed E-state index contributed by atoms with van der Waals surface area (Å²) in [6, 6.07) is 1.90. The quantitative estimate of drug-likeness (QED) is 0.832. The van der Waals surface area contributed by atoms with E-state index in [9.17, 15) is 0 Å². The smallest absolute Gasteiger partial charge is 0.130 e. The Hall–Kier alpha value is -1.98. The van der Waals surface area contributed by atoms with Crippen molar-refractivity contribution in [2.75, 3.05) is 11.9 Å². The van der Waals surface area contributed by atoms with E-state index in [1.165, 1.54) is 0 Å². The summed E-state index contributed by atoms with van der Waals surface area (Å²) in [5, 5.41) is 10.9. The highest BCUT2D eigenvalue weighted by atomic mass is 15.4. The van der Waals surface area contributed by atoms with E-state index >= 15 is 0 Å².